The fourth-order valence-corrected chi connectivity index (χ4v) is 4.33. The van der Waals surface area contributed by atoms with Gasteiger partial charge in [0, 0.05) is 46.9 Å². The number of likely N-dealkylation sites (tertiary alicyclic amines) is 1. The van der Waals surface area contributed by atoms with E-state index in [9.17, 15) is 14.7 Å². The molecule has 1 aliphatic carbocycles. The molecular formula is C24H28ClN3O3. The van der Waals surface area contributed by atoms with Crippen LogP contribution in [-0.2, 0) is 11.3 Å². The van der Waals surface area contributed by atoms with Gasteiger partial charge in [0.15, 0.2) is 0 Å². The largest absolute Gasteiger partial charge is 0.508 e. The third-order valence-electron chi connectivity index (χ3n) is 6.14. The standard InChI is InChI=1S/C24H28ClN3O3/c1-15-11-21(15)24(31)26-19-7-4-16(5-8-19)23(30)27-20-3-2-10-28(14-20)13-17-12-18(25)6-9-22(17)29/h4-9,12,15,20-21,29H,2-3,10-11,13-14H2,1H3,(H,26,31)(H,27,30). The van der Waals surface area contributed by atoms with E-state index in [1.54, 1.807) is 42.5 Å². The predicted molar refractivity (Wildman–Crippen MR) is 121 cm³/mol. The first kappa shape index (κ1) is 21.7. The van der Waals surface area contributed by atoms with Crippen molar-refractivity contribution in [3.05, 3.63) is 58.6 Å². The molecule has 2 aromatic rings. The van der Waals surface area contributed by atoms with Crippen molar-refractivity contribution in [3.63, 3.8) is 0 Å². The SMILES string of the molecule is CC1CC1C(=O)Nc1ccc(C(=O)NC2CCCN(Cc3cc(Cl)ccc3O)C2)cc1. The van der Waals surface area contributed by atoms with Crippen LogP contribution in [0.25, 0.3) is 0 Å². The van der Waals surface area contributed by atoms with Crippen LogP contribution in [0.3, 0.4) is 0 Å². The molecule has 3 unspecified atom stereocenters. The van der Waals surface area contributed by atoms with Gasteiger partial charge >= 0.3 is 0 Å². The van der Waals surface area contributed by atoms with Crippen molar-refractivity contribution in [3.8, 4) is 5.75 Å². The van der Waals surface area contributed by atoms with E-state index >= 15 is 0 Å². The van der Waals surface area contributed by atoms with Crippen LogP contribution in [0.5, 0.6) is 5.75 Å². The fraction of sp³-hybridized carbons (Fsp3) is 0.417. The van der Waals surface area contributed by atoms with Gasteiger partial charge in [0.25, 0.3) is 5.91 Å². The molecule has 1 saturated carbocycles. The Hall–Kier alpha value is -2.57. The van der Waals surface area contributed by atoms with Gasteiger partial charge in [0.05, 0.1) is 0 Å². The predicted octanol–water partition coefficient (Wildman–Crippen LogP) is 4.03. The lowest BCUT2D eigenvalue weighted by atomic mass is 10.0. The first-order valence-electron chi connectivity index (χ1n) is 10.8. The minimum Gasteiger partial charge on any atom is -0.508 e. The van der Waals surface area contributed by atoms with Gasteiger partial charge in [-0.05, 0) is 74.2 Å². The van der Waals surface area contributed by atoms with Crippen molar-refractivity contribution in [1.29, 1.82) is 0 Å². The number of piperidine rings is 1. The minimum absolute atomic E-state index is 0.0401. The second-order valence-corrected chi connectivity index (χ2v) is 9.14. The molecule has 164 valence electrons. The van der Waals surface area contributed by atoms with Gasteiger partial charge in [0.1, 0.15) is 5.75 Å². The average Bonchev–Trinajstić information content (AvgIpc) is 3.48. The van der Waals surface area contributed by atoms with E-state index in [4.69, 9.17) is 11.6 Å². The number of hydrogen-bond acceptors (Lipinski definition) is 4. The number of rotatable bonds is 6. The number of benzene rings is 2. The Morgan fingerprint density at radius 3 is 2.65 bits per heavy atom. The van der Waals surface area contributed by atoms with Gasteiger partial charge in [-0.3, -0.25) is 14.5 Å². The number of anilines is 1. The van der Waals surface area contributed by atoms with E-state index in [1.165, 1.54) is 0 Å². The highest BCUT2D eigenvalue weighted by atomic mass is 35.5. The van der Waals surface area contributed by atoms with Crippen molar-refractivity contribution < 1.29 is 14.7 Å². The molecule has 0 aromatic heterocycles. The van der Waals surface area contributed by atoms with Crippen LogP contribution >= 0.6 is 11.6 Å². The Kier molecular flexibility index (Phi) is 6.49. The summed E-state index contributed by atoms with van der Waals surface area (Å²) >= 11 is 6.05. The maximum absolute atomic E-state index is 12.7. The highest BCUT2D eigenvalue weighted by molar-refractivity contribution is 6.30. The van der Waals surface area contributed by atoms with E-state index in [0.29, 0.717) is 35.3 Å². The molecule has 6 nitrogen and oxygen atoms in total. The molecule has 3 N–H and O–H groups in total. The number of phenolic OH excluding ortho intramolecular Hbond substituents is 1. The van der Waals surface area contributed by atoms with Crippen molar-refractivity contribution in [1.82, 2.24) is 10.2 Å². The number of phenols is 1. The third kappa shape index (κ3) is 5.57. The molecule has 2 aromatic carbocycles. The van der Waals surface area contributed by atoms with E-state index in [-0.39, 0.29) is 29.5 Å². The van der Waals surface area contributed by atoms with E-state index in [1.807, 2.05) is 0 Å². The first-order valence-corrected chi connectivity index (χ1v) is 11.2. The van der Waals surface area contributed by atoms with E-state index in [2.05, 4.69) is 22.5 Å². The van der Waals surface area contributed by atoms with Gasteiger partial charge in [-0.1, -0.05) is 18.5 Å². The van der Waals surface area contributed by atoms with Gasteiger partial charge in [-0.25, -0.2) is 0 Å². The quantitative estimate of drug-likeness (QED) is 0.632. The molecule has 1 aliphatic heterocycles. The Balaban J connectivity index is 1.30. The summed E-state index contributed by atoms with van der Waals surface area (Å²) in [5, 5.41) is 16.7. The molecule has 0 spiro atoms. The summed E-state index contributed by atoms with van der Waals surface area (Å²) in [6.45, 7) is 4.28. The van der Waals surface area contributed by atoms with Crippen LogP contribution in [0.2, 0.25) is 5.02 Å². The maximum Gasteiger partial charge on any atom is 0.251 e. The minimum atomic E-state index is -0.119. The number of carbonyl (C=O) groups excluding carboxylic acids is 2. The monoisotopic (exact) mass is 441 g/mol. The van der Waals surface area contributed by atoms with Crippen molar-refractivity contribution in [2.75, 3.05) is 18.4 Å². The van der Waals surface area contributed by atoms with Gasteiger partial charge in [-0.2, -0.15) is 0 Å². The lowest BCUT2D eigenvalue weighted by Gasteiger charge is -2.33. The second-order valence-electron chi connectivity index (χ2n) is 8.71. The Morgan fingerprint density at radius 2 is 1.94 bits per heavy atom. The summed E-state index contributed by atoms with van der Waals surface area (Å²) < 4.78 is 0. The Bertz CT molecular complexity index is 963. The lowest BCUT2D eigenvalue weighted by molar-refractivity contribution is -0.117. The first-order chi connectivity index (χ1) is 14.9. The molecule has 3 atom stereocenters. The molecule has 0 bridgehead atoms. The molecule has 31 heavy (non-hydrogen) atoms. The van der Waals surface area contributed by atoms with Crippen molar-refractivity contribution in [2.24, 2.45) is 11.8 Å². The second kappa shape index (κ2) is 9.28. The molecule has 1 saturated heterocycles. The van der Waals surface area contributed by atoms with Crippen molar-refractivity contribution >= 4 is 29.1 Å². The molecule has 2 amide bonds. The number of hydrogen-bond donors (Lipinski definition) is 3. The summed E-state index contributed by atoms with van der Waals surface area (Å²) in [5.41, 5.74) is 2.07. The number of aromatic hydroxyl groups is 1. The summed E-state index contributed by atoms with van der Waals surface area (Å²) in [6, 6.07) is 12.1. The highest BCUT2D eigenvalue weighted by Crippen LogP contribution is 2.38. The number of halogens is 1. The van der Waals surface area contributed by atoms with Gasteiger partial charge in [0.2, 0.25) is 5.91 Å². The van der Waals surface area contributed by atoms with Crippen LogP contribution in [0, 0.1) is 11.8 Å². The third-order valence-corrected chi connectivity index (χ3v) is 6.37. The maximum atomic E-state index is 12.7. The van der Waals surface area contributed by atoms with Crippen molar-refractivity contribution in [2.45, 2.75) is 38.8 Å². The summed E-state index contributed by atoms with van der Waals surface area (Å²) in [7, 11) is 0. The van der Waals surface area contributed by atoms with Crippen LogP contribution in [0.4, 0.5) is 5.69 Å². The normalized spacial score (nSPS) is 23.2. The molecule has 1 heterocycles. The summed E-state index contributed by atoms with van der Waals surface area (Å²) in [5.74, 6) is 0.747. The van der Waals surface area contributed by atoms with Crippen LogP contribution in [-0.4, -0.2) is 41.0 Å². The topological polar surface area (TPSA) is 81.7 Å². The van der Waals surface area contributed by atoms with Crippen LogP contribution in [0.15, 0.2) is 42.5 Å². The molecule has 0 radical (unpaired) electrons. The summed E-state index contributed by atoms with van der Waals surface area (Å²) in [6.07, 6.45) is 2.83. The average molecular weight is 442 g/mol. The zero-order chi connectivity index (χ0) is 22.0. The number of amides is 2. The van der Waals surface area contributed by atoms with Gasteiger partial charge < -0.3 is 15.7 Å². The fourth-order valence-electron chi connectivity index (χ4n) is 4.13. The molecule has 2 fully saturated rings. The molecule has 2 aliphatic rings. The number of carbonyl (C=O) groups is 2. The van der Waals surface area contributed by atoms with E-state index in [0.717, 1.165) is 31.4 Å². The van der Waals surface area contributed by atoms with Crippen LogP contribution in [0.1, 0.15) is 42.1 Å². The molecular weight excluding hydrogens is 414 g/mol. The summed E-state index contributed by atoms with van der Waals surface area (Å²) in [4.78, 5) is 27.0. The molecule has 4 rings (SSSR count). The van der Waals surface area contributed by atoms with Crippen LogP contribution < -0.4 is 10.6 Å². The Labute approximate surface area is 187 Å². The number of nitrogens with zero attached hydrogens (tertiary/aromatic N) is 1. The zero-order valence-electron chi connectivity index (χ0n) is 17.6. The number of nitrogens with one attached hydrogen (secondary N) is 2. The van der Waals surface area contributed by atoms with Gasteiger partial charge in [-0.15, -0.1) is 0 Å². The zero-order valence-corrected chi connectivity index (χ0v) is 18.4. The smallest absolute Gasteiger partial charge is 0.251 e. The molecule has 7 heteroatoms. The Morgan fingerprint density at radius 1 is 1.19 bits per heavy atom. The highest BCUT2D eigenvalue weighted by Gasteiger charge is 2.39. The lowest BCUT2D eigenvalue weighted by Crippen LogP contribution is -2.47. The van der Waals surface area contributed by atoms with E-state index < -0.39 is 0 Å².